The molecule has 1 heterocycles. The first-order chi connectivity index (χ1) is 10.1. The fraction of sp³-hybridized carbons (Fsp3) is 0.200. The molecule has 21 heavy (non-hydrogen) atoms. The third-order valence-corrected chi connectivity index (χ3v) is 4.71. The monoisotopic (exact) mass is 384 g/mol. The van der Waals surface area contributed by atoms with Gasteiger partial charge in [-0.1, -0.05) is 30.7 Å². The van der Waals surface area contributed by atoms with Crippen LogP contribution in [0.2, 0.25) is 5.02 Å². The van der Waals surface area contributed by atoms with Crippen LogP contribution in [-0.4, -0.2) is 11.6 Å². The Balaban J connectivity index is 1.98. The maximum atomic E-state index is 11.9. The van der Waals surface area contributed by atoms with Gasteiger partial charge in [0.05, 0.1) is 20.8 Å². The lowest BCUT2D eigenvalue weighted by atomic mass is 10.1. The Bertz CT molecular complexity index is 652. The summed E-state index contributed by atoms with van der Waals surface area (Å²) >= 11 is 10.8. The van der Waals surface area contributed by atoms with Gasteiger partial charge in [0.1, 0.15) is 0 Å². The van der Waals surface area contributed by atoms with E-state index in [2.05, 4.69) is 26.5 Å². The predicted molar refractivity (Wildman–Crippen MR) is 92.1 cm³/mol. The van der Waals surface area contributed by atoms with Crippen molar-refractivity contribution in [2.45, 2.75) is 19.8 Å². The number of hydrogen-bond acceptors (Lipinski definition) is 3. The zero-order chi connectivity index (χ0) is 15.2. The topological polar surface area (TPSA) is 41.5 Å². The van der Waals surface area contributed by atoms with Crippen molar-refractivity contribution in [3.05, 3.63) is 55.6 Å². The van der Waals surface area contributed by atoms with Gasteiger partial charge in [0.15, 0.2) is 0 Å². The van der Waals surface area contributed by atoms with Gasteiger partial charge in [-0.25, -0.2) is 5.43 Å². The first-order valence-electron chi connectivity index (χ1n) is 6.44. The summed E-state index contributed by atoms with van der Waals surface area (Å²) in [5.74, 6) is -0.140. The van der Waals surface area contributed by atoms with Crippen LogP contribution >= 0.6 is 38.9 Å². The quantitative estimate of drug-likeness (QED) is 0.591. The van der Waals surface area contributed by atoms with Gasteiger partial charge in [0, 0.05) is 5.02 Å². The normalized spacial score (nSPS) is 11.5. The summed E-state index contributed by atoms with van der Waals surface area (Å²) in [7, 11) is 0. The molecular weight excluding hydrogens is 372 g/mol. The number of halogens is 2. The van der Waals surface area contributed by atoms with Gasteiger partial charge in [-0.2, -0.15) is 5.10 Å². The molecule has 0 atom stereocenters. The Morgan fingerprint density at radius 2 is 2.00 bits per heavy atom. The SMILES string of the molecule is CC/C(=N\NC(=O)Cc1ccc(Cl)cc1)c1ccc(Br)s1. The van der Waals surface area contributed by atoms with Crippen molar-refractivity contribution < 1.29 is 4.79 Å². The van der Waals surface area contributed by atoms with E-state index >= 15 is 0 Å². The largest absolute Gasteiger partial charge is 0.273 e. The molecule has 0 saturated carbocycles. The van der Waals surface area contributed by atoms with E-state index in [0.717, 1.165) is 26.4 Å². The van der Waals surface area contributed by atoms with Crippen molar-refractivity contribution in [3.63, 3.8) is 0 Å². The Morgan fingerprint density at radius 1 is 1.29 bits per heavy atom. The molecule has 0 aliphatic heterocycles. The second-order valence-corrected chi connectivity index (χ2v) is 7.25. The van der Waals surface area contributed by atoms with Crippen molar-refractivity contribution in [3.8, 4) is 0 Å². The average Bonchev–Trinajstić information content (AvgIpc) is 2.89. The fourth-order valence-electron chi connectivity index (χ4n) is 1.73. The minimum absolute atomic E-state index is 0.140. The Kier molecular flexibility index (Phi) is 5.96. The van der Waals surface area contributed by atoms with Crippen molar-refractivity contribution in [2.75, 3.05) is 0 Å². The summed E-state index contributed by atoms with van der Waals surface area (Å²) in [5, 5.41) is 4.88. The molecule has 0 spiro atoms. The molecule has 1 aromatic heterocycles. The van der Waals surface area contributed by atoms with Crippen LogP contribution in [0.25, 0.3) is 0 Å². The van der Waals surface area contributed by atoms with Crippen LogP contribution in [0.15, 0.2) is 45.3 Å². The molecular formula is C15H14BrClN2OS. The Labute approximate surface area is 141 Å². The molecule has 2 aromatic rings. The minimum Gasteiger partial charge on any atom is -0.273 e. The smallest absolute Gasteiger partial charge is 0.244 e. The van der Waals surface area contributed by atoms with Gasteiger partial charge in [0.2, 0.25) is 5.91 Å². The molecule has 2 rings (SSSR count). The highest BCUT2D eigenvalue weighted by Gasteiger charge is 2.07. The molecule has 0 bridgehead atoms. The molecule has 0 aliphatic carbocycles. The molecule has 1 amide bonds. The highest BCUT2D eigenvalue weighted by molar-refractivity contribution is 9.11. The predicted octanol–water partition coefficient (Wildman–Crippen LogP) is 4.64. The maximum Gasteiger partial charge on any atom is 0.244 e. The Morgan fingerprint density at radius 3 is 2.57 bits per heavy atom. The summed E-state index contributed by atoms with van der Waals surface area (Å²) in [6, 6.07) is 11.2. The van der Waals surface area contributed by atoms with E-state index in [4.69, 9.17) is 11.6 Å². The molecule has 0 saturated heterocycles. The molecule has 0 aliphatic rings. The number of hydrogen-bond donors (Lipinski definition) is 1. The fourth-order valence-corrected chi connectivity index (χ4v) is 3.31. The second kappa shape index (κ2) is 7.73. The number of rotatable bonds is 5. The highest BCUT2D eigenvalue weighted by atomic mass is 79.9. The number of carbonyl (C=O) groups excluding carboxylic acids is 1. The van der Waals surface area contributed by atoms with Crippen LogP contribution in [0.4, 0.5) is 0 Å². The molecule has 0 unspecified atom stereocenters. The number of hydrazone groups is 1. The van der Waals surface area contributed by atoms with E-state index in [9.17, 15) is 4.79 Å². The molecule has 1 N–H and O–H groups in total. The molecule has 3 nitrogen and oxygen atoms in total. The molecule has 1 aromatic carbocycles. The van der Waals surface area contributed by atoms with Crippen LogP contribution in [0, 0.1) is 0 Å². The first-order valence-corrected chi connectivity index (χ1v) is 8.42. The van der Waals surface area contributed by atoms with Gasteiger partial charge in [-0.15, -0.1) is 11.3 Å². The van der Waals surface area contributed by atoms with Crippen molar-refractivity contribution in [1.82, 2.24) is 5.43 Å². The maximum absolute atomic E-state index is 11.9. The van der Waals surface area contributed by atoms with Gasteiger partial charge in [0.25, 0.3) is 0 Å². The van der Waals surface area contributed by atoms with Crippen LogP contribution in [0.1, 0.15) is 23.8 Å². The van der Waals surface area contributed by atoms with Crippen LogP contribution in [-0.2, 0) is 11.2 Å². The third kappa shape index (κ3) is 4.95. The van der Waals surface area contributed by atoms with E-state index in [-0.39, 0.29) is 12.3 Å². The lowest BCUT2D eigenvalue weighted by molar-refractivity contribution is -0.120. The number of thiophene rings is 1. The van der Waals surface area contributed by atoms with Crippen molar-refractivity contribution in [1.29, 1.82) is 0 Å². The summed E-state index contributed by atoms with van der Waals surface area (Å²) in [4.78, 5) is 12.9. The number of amides is 1. The number of benzene rings is 1. The van der Waals surface area contributed by atoms with E-state index in [1.54, 1.807) is 23.5 Å². The Hall–Kier alpha value is -1.17. The molecule has 0 fully saturated rings. The van der Waals surface area contributed by atoms with E-state index in [0.29, 0.717) is 5.02 Å². The number of carbonyl (C=O) groups is 1. The second-order valence-electron chi connectivity index (χ2n) is 4.35. The molecule has 0 radical (unpaired) electrons. The van der Waals surface area contributed by atoms with Crippen molar-refractivity contribution >= 4 is 50.5 Å². The molecule has 6 heteroatoms. The summed E-state index contributed by atoms with van der Waals surface area (Å²) in [6.07, 6.45) is 1.04. The number of nitrogens with one attached hydrogen (secondary N) is 1. The third-order valence-electron chi connectivity index (χ3n) is 2.79. The number of nitrogens with zero attached hydrogens (tertiary/aromatic N) is 1. The van der Waals surface area contributed by atoms with Gasteiger partial charge in [-0.05, 0) is 52.2 Å². The highest BCUT2D eigenvalue weighted by Crippen LogP contribution is 2.23. The van der Waals surface area contributed by atoms with Crippen LogP contribution < -0.4 is 5.43 Å². The van der Waals surface area contributed by atoms with E-state index in [1.165, 1.54) is 0 Å². The lowest BCUT2D eigenvalue weighted by Crippen LogP contribution is -2.21. The molecule has 110 valence electrons. The van der Waals surface area contributed by atoms with Gasteiger partial charge < -0.3 is 0 Å². The van der Waals surface area contributed by atoms with Gasteiger partial charge >= 0.3 is 0 Å². The summed E-state index contributed by atoms with van der Waals surface area (Å²) in [5.41, 5.74) is 4.39. The average molecular weight is 386 g/mol. The van der Waals surface area contributed by atoms with Crippen LogP contribution in [0.5, 0.6) is 0 Å². The van der Waals surface area contributed by atoms with Crippen molar-refractivity contribution in [2.24, 2.45) is 5.10 Å². The van der Waals surface area contributed by atoms with E-state index in [1.807, 2.05) is 31.2 Å². The standard InChI is InChI=1S/C15H14BrClN2OS/c1-2-12(13-7-8-14(16)21-13)18-19-15(20)9-10-3-5-11(17)6-4-10/h3-8H,2,9H2,1H3,(H,19,20)/b18-12+. The minimum atomic E-state index is -0.140. The zero-order valence-corrected chi connectivity index (χ0v) is 14.6. The first kappa shape index (κ1) is 16.2. The van der Waals surface area contributed by atoms with Crippen LogP contribution in [0.3, 0.4) is 0 Å². The summed E-state index contributed by atoms with van der Waals surface area (Å²) < 4.78 is 1.05. The zero-order valence-electron chi connectivity index (χ0n) is 11.4. The lowest BCUT2D eigenvalue weighted by Gasteiger charge is -2.03. The summed E-state index contributed by atoms with van der Waals surface area (Å²) in [6.45, 7) is 2.01. The van der Waals surface area contributed by atoms with Gasteiger partial charge in [-0.3, -0.25) is 4.79 Å². The van der Waals surface area contributed by atoms with E-state index < -0.39 is 0 Å².